The van der Waals surface area contributed by atoms with E-state index in [1.807, 2.05) is 12.1 Å². The molecule has 0 saturated carbocycles. The molecule has 6 heteroatoms. The summed E-state index contributed by atoms with van der Waals surface area (Å²) in [6.45, 7) is 10.8. The Labute approximate surface area is 229 Å². The highest BCUT2D eigenvalue weighted by Gasteiger charge is 2.41. The van der Waals surface area contributed by atoms with Gasteiger partial charge in [0.05, 0.1) is 19.6 Å². The van der Waals surface area contributed by atoms with Gasteiger partial charge < -0.3 is 24.3 Å². The Kier molecular flexibility index (Phi) is 11.9. The summed E-state index contributed by atoms with van der Waals surface area (Å²) in [5.41, 5.74) is 2.45. The summed E-state index contributed by atoms with van der Waals surface area (Å²) in [6, 6.07) is 16.7. The van der Waals surface area contributed by atoms with Crippen LogP contribution in [0, 0.1) is 23.7 Å². The smallest absolute Gasteiger partial charge is 0.309 e. The minimum atomic E-state index is -0.115. The van der Waals surface area contributed by atoms with Gasteiger partial charge in [0, 0.05) is 32.7 Å². The average molecular weight is 526 g/mol. The molecule has 1 aliphatic rings. The number of nitrogens with one attached hydrogen (secondary N) is 1. The SMILES string of the molecule is COCCCOc1cc(CC(CC(NCc2ccccc2)C2CC(C(C)C)C(=O)O2)C(C)C)ccc1OC. The molecule has 3 rings (SSSR count). The molecule has 0 spiro atoms. The number of esters is 1. The van der Waals surface area contributed by atoms with Crippen molar-refractivity contribution >= 4 is 5.97 Å². The molecule has 0 radical (unpaired) electrons. The molecular weight excluding hydrogens is 478 g/mol. The Balaban J connectivity index is 1.75. The Hall–Kier alpha value is -2.57. The third kappa shape index (κ3) is 8.74. The van der Waals surface area contributed by atoms with E-state index in [4.69, 9.17) is 18.9 Å². The number of methoxy groups -OCH3 is 2. The van der Waals surface area contributed by atoms with Crippen LogP contribution in [0.25, 0.3) is 0 Å². The molecule has 1 N–H and O–H groups in total. The quantitative estimate of drug-likeness (QED) is 0.212. The Morgan fingerprint density at radius 3 is 2.37 bits per heavy atom. The lowest BCUT2D eigenvalue weighted by molar-refractivity contribution is -0.146. The molecule has 0 aromatic heterocycles. The van der Waals surface area contributed by atoms with Crippen LogP contribution in [0.2, 0.25) is 0 Å². The monoisotopic (exact) mass is 525 g/mol. The molecule has 0 amide bonds. The molecule has 0 aliphatic carbocycles. The molecule has 210 valence electrons. The largest absolute Gasteiger partial charge is 0.493 e. The molecule has 38 heavy (non-hydrogen) atoms. The van der Waals surface area contributed by atoms with Gasteiger partial charge in [0.15, 0.2) is 11.5 Å². The standard InChI is InChI=1S/C32H47NO5/c1-22(2)26(17-25-13-14-29(36-6)31(18-25)37-16-10-15-35-5)19-28(33-21-24-11-8-7-9-12-24)30-20-27(23(3)4)32(34)38-30/h7-9,11-14,18,22-23,26-28,30,33H,10,15-17,19-21H2,1-6H3. The van der Waals surface area contributed by atoms with Crippen LogP contribution in [0.3, 0.4) is 0 Å². The van der Waals surface area contributed by atoms with Crippen LogP contribution in [0.4, 0.5) is 0 Å². The summed E-state index contributed by atoms with van der Waals surface area (Å²) in [6.07, 6.45) is 3.31. The summed E-state index contributed by atoms with van der Waals surface area (Å²) in [5.74, 6) is 2.57. The van der Waals surface area contributed by atoms with Crippen molar-refractivity contribution in [3.05, 3.63) is 59.7 Å². The molecule has 6 nitrogen and oxygen atoms in total. The maximum atomic E-state index is 12.7. The van der Waals surface area contributed by atoms with E-state index in [-0.39, 0.29) is 30.0 Å². The number of cyclic esters (lactones) is 1. The predicted octanol–water partition coefficient (Wildman–Crippen LogP) is 6.06. The molecule has 0 bridgehead atoms. The Bertz CT molecular complexity index is 977. The first-order valence-corrected chi connectivity index (χ1v) is 14.1. The second-order valence-electron chi connectivity index (χ2n) is 11.2. The number of ether oxygens (including phenoxy) is 4. The van der Waals surface area contributed by atoms with Crippen LogP contribution < -0.4 is 14.8 Å². The van der Waals surface area contributed by atoms with Crippen LogP contribution in [-0.4, -0.2) is 45.5 Å². The Morgan fingerprint density at radius 1 is 0.974 bits per heavy atom. The summed E-state index contributed by atoms with van der Waals surface area (Å²) >= 11 is 0. The van der Waals surface area contributed by atoms with E-state index < -0.39 is 0 Å². The summed E-state index contributed by atoms with van der Waals surface area (Å²) < 4.78 is 22.7. The van der Waals surface area contributed by atoms with Gasteiger partial charge in [-0.05, 0) is 60.3 Å². The average Bonchev–Trinajstić information content (AvgIpc) is 3.30. The van der Waals surface area contributed by atoms with E-state index >= 15 is 0 Å². The van der Waals surface area contributed by atoms with Crippen molar-refractivity contribution in [1.82, 2.24) is 5.32 Å². The molecule has 4 atom stereocenters. The maximum Gasteiger partial charge on any atom is 0.309 e. The summed E-state index contributed by atoms with van der Waals surface area (Å²) in [4.78, 5) is 12.7. The van der Waals surface area contributed by atoms with E-state index in [0.29, 0.717) is 25.0 Å². The first kappa shape index (κ1) is 30.0. The number of hydrogen-bond donors (Lipinski definition) is 1. The Morgan fingerprint density at radius 2 is 1.74 bits per heavy atom. The van der Waals surface area contributed by atoms with E-state index in [9.17, 15) is 4.79 Å². The van der Waals surface area contributed by atoms with Gasteiger partial charge in [0.25, 0.3) is 0 Å². The van der Waals surface area contributed by atoms with E-state index in [2.05, 4.69) is 69.4 Å². The van der Waals surface area contributed by atoms with Crippen molar-refractivity contribution in [2.75, 3.05) is 27.4 Å². The second-order valence-corrected chi connectivity index (χ2v) is 11.2. The zero-order chi connectivity index (χ0) is 27.5. The fourth-order valence-corrected chi connectivity index (χ4v) is 5.20. The molecule has 1 aliphatic heterocycles. The van der Waals surface area contributed by atoms with Crippen LogP contribution in [0.5, 0.6) is 11.5 Å². The van der Waals surface area contributed by atoms with Crippen LogP contribution in [-0.2, 0) is 27.2 Å². The highest BCUT2D eigenvalue weighted by atomic mass is 16.6. The van der Waals surface area contributed by atoms with Gasteiger partial charge in [0.2, 0.25) is 0 Å². The number of benzene rings is 2. The van der Waals surface area contributed by atoms with Gasteiger partial charge in [0.1, 0.15) is 6.10 Å². The molecule has 1 fully saturated rings. The zero-order valence-corrected chi connectivity index (χ0v) is 24.1. The molecule has 2 aromatic carbocycles. The normalized spacial score (nSPS) is 19.0. The highest BCUT2D eigenvalue weighted by molar-refractivity contribution is 5.75. The highest BCUT2D eigenvalue weighted by Crippen LogP contribution is 2.34. The van der Waals surface area contributed by atoms with Crippen molar-refractivity contribution in [2.24, 2.45) is 23.7 Å². The van der Waals surface area contributed by atoms with Gasteiger partial charge in [-0.15, -0.1) is 0 Å². The van der Waals surface area contributed by atoms with Crippen LogP contribution >= 0.6 is 0 Å². The maximum absolute atomic E-state index is 12.7. The minimum Gasteiger partial charge on any atom is -0.493 e. The van der Waals surface area contributed by atoms with Crippen LogP contribution in [0.15, 0.2) is 48.5 Å². The van der Waals surface area contributed by atoms with Crippen molar-refractivity contribution < 1.29 is 23.7 Å². The number of hydrogen-bond acceptors (Lipinski definition) is 6. The van der Waals surface area contributed by atoms with Gasteiger partial charge in [-0.2, -0.15) is 0 Å². The fraction of sp³-hybridized carbons (Fsp3) is 0.594. The van der Waals surface area contributed by atoms with Crippen molar-refractivity contribution in [3.8, 4) is 11.5 Å². The van der Waals surface area contributed by atoms with Gasteiger partial charge in [-0.1, -0.05) is 64.1 Å². The summed E-state index contributed by atoms with van der Waals surface area (Å²) in [5, 5.41) is 3.76. The lowest BCUT2D eigenvalue weighted by atomic mass is 9.81. The second kappa shape index (κ2) is 15.1. The van der Waals surface area contributed by atoms with E-state index in [0.717, 1.165) is 43.7 Å². The molecule has 1 saturated heterocycles. The first-order chi connectivity index (χ1) is 18.3. The van der Waals surface area contributed by atoms with Crippen molar-refractivity contribution in [2.45, 2.75) is 72.1 Å². The third-order valence-electron chi connectivity index (χ3n) is 7.70. The van der Waals surface area contributed by atoms with E-state index in [1.54, 1.807) is 14.2 Å². The molecular formula is C32H47NO5. The molecule has 4 unspecified atom stereocenters. The van der Waals surface area contributed by atoms with Crippen LogP contribution in [0.1, 0.15) is 58.1 Å². The van der Waals surface area contributed by atoms with Gasteiger partial charge in [-0.3, -0.25) is 4.79 Å². The van der Waals surface area contributed by atoms with Gasteiger partial charge >= 0.3 is 5.97 Å². The first-order valence-electron chi connectivity index (χ1n) is 14.1. The summed E-state index contributed by atoms with van der Waals surface area (Å²) in [7, 11) is 3.37. The topological polar surface area (TPSA) is 66.0 Å². The molecule has 1 heterocycles. The number of carbonyl (C=O) groups excluding carboxylic acids is 1. The third-order valence-corrected chi connectivity index (χ3v) is 7.70. The van der Waals surface area contributed by atoms with Crippen molar-refractivity contribution in [1.29, 1.82) is 0 Å². The van der Waals surface area contributed by atoms with E-state index in [1.165, 1.54) is 11.1 Å². The van der Waals surface area contributed by atoms with Gasteiger partial charge in [-0.25, -0.2) is 0 Å². The van der Waals surface area contributed by atoms with Crippen molar-refractivity contribution in [3.63, 3.8) is 0 Å². The number of rotatable bonds is 16. The number of carbonyl (C=O) groups is 1. The minimum absolute atomic E-state index is 0.0297. The predicted molar refractivity (Wildman–Crippen MR) is 152 cm³/mol. The fourth-order valence-electron chi connectivity index (χ4n) is 5.20. The lowest BCUT2D eigenvalue weighted by Gasteiger charge is -2.30. The molecule has 2 aromatic rings. The lowest BCUT2D eigenvalue weighted by Crippen LogP contribution is -2.42. The zero-order valence-electron chi connectivity index (χ0n) is 24.1.